The van der Waals surface area contributed by atoms with Crippen molar-refractivity contribution >= 4 is 48.6 Å². The summed E-state index contributed by atoms with van der Waals surface area (Å²) in [7, 11) is 0. The number of rotatable bonds is 6. The van der Waals surface area contributed by atoms with Crippen molar-refractivity contribution in [2.24, 2.45) is 0 Å². The summed E-state index contributed by atoms with van der Waals surface area (Å²) in [5.41, 5.74) is 16.1. The molecule has 0 amide bonds. The molecule has 0 saturated heterocycles. The van der Waals surface area contributed by atoms with Gasteiger partial charge in [-0.15, -0.1) is 11.3 Å². The predicted molar refractivity (Wildman–Crippen MR) is 228 cm³/mol. The number of hydrogen-bond donors (Lipinski definition) is 0. The summed E-state index contributed by atoms with van der Waals surface area (Å²) < 4.78 is 2.62. The predicted octanol–water partition coefficient (Wildman–Crippen LogP) is 14.8. The first-order valence-electron chi connectivity index (χ1n) is 18.4. The molecule has 0 atom stereocenters. The van der Waals surface area contributed by atoms with E-state index in [0.29, 0.717) is 0 Å². The van der Waals surface area contributed by atoms with Crippen molar-refractivity contribution in [3.63, 3.8) is 0 Å². The molecule has 252 valence electrons. The molecule has 8 aromatic carbocycles. The standard InChI is InChI=1S/C51H37NS/c1-51(2)45-23-11-8-19-40(45)44-33-37(31-32-46(44)51)52(36-29-27-35(28-30-36)39-18-7-6-17-38(39)34-15-4-3-5-16-34)47-24-12-9-20-41(47)42-22-14-26-49-50(42)43-21-10-13-25-48(43)53-49/h3-33H,1-2H3. The van der Waals surface area contributed by atoms with E-state index in [-0.39, 0.29) is 5.41 Å². The quantitative estimate of drug-likeness (QED) is 0.167. The van der Waals surface area contributed by atoms with Crippen LogP contribution in [0, 0.1) is 0 Å². The maximum atomic E-state index is 2.46. The fourth-order valence-corrected chi connectivity index (χ4v) is 9.70. The van der Waals surface area contributed by atoms with E-state index in [1.54, 1.807) is 0 Å². The Kier molecular flexibility index (Phi) is 7.42. The van der Waals surface area contributed by atoms with E-state index in [1.165, 1.54) is 75.8 Å². The van der Waals surface area contributed by atoms with Gasteiger partial charge < -0.3 is 4.90 Å². The first kappa shape index (κ1) is 31.5. The van der Waals surface area contributed by atoms with E-state index < -0.39 is 0 Å². The first-order chi connectivity index (χ1) is 26.1. The van der Waals surface area contributed by atoms with Crippen LogP contribution in [0.2, 0.25) is 0 Å². The zero-order chi connectivity index (χ0) is 35.5. The van der Waals surface area contributed by atoms with Crippen LogP contribution in [-0.4, -0.2) is 0 Å². The van der Waals surface area contributed by atoms with Gasteiger partial charge >= 0.3 is 0 Å². The second kappa shape index (κ2) is 12.5. The Morgan fingerprint density at radius 2 is 0.962 bits per heavy atom. The molecule has 53 heavy (non-hydrogen) atoms. The Hall–Kier alpha value is -6.22. The molecule has 1 heterocycles. The molecular weight excluding hydrogens is 659 g/mol. The normalized spacial score (nSPS) is 12.9. The van der Waals surface area contributed by atoms with Crippen molar-refractivity contribution in [3.05, 3.63) is 199 Å². The molecule has 0 fully saturated rings. The minimum atomic E-state index is -0.0589. The Balaban J connectivity index is 1.18. The van der Waals surface area contributed by atoms with E-state index in [2.05, 4.69) is 207 Å². The Labute approximate surface area is 315 Å². The summed E-state index contributed by atoms with van der Waals surface area (Å²) >= 11 is 1.87. The van der Waals surface area contributed by atoms with Crippen LogP contribution < -0.4 is 4.90 Å². The van der Waals surface area contributed by atoms with Gasteiger partial charge in [-0.25, -0.2) is 0 Å². The number of benzene rings is 8. The number of para-hydroxylation sites is 1. The van der Waals surface area contributed by atoms with Gasteiger partial charge in [0.15, 0.2) is 0 Å². The zero-order valence-corrected chi connectivity index (χ0v) is 30.6. The van der Waals surface area contributed by atoms with Crippen LogP contribution in [0.4, 0.5) is 17.1 Å². The lowest BCUT2D eigenvalue weighted by Crippen LogP contribution is -2.15. The van der Waals surface area contributed by atoms with Crippen molar-refractivity contribution < 1.29 is 0 Å². The van der Waals surface area contributed by atoms with Gasteiger partial charge in [0.2, 0.25) is 0 Å². The van der Waals surface area contributed by atoms with Crippen molar-refractivity contribution in [2.45, 2.75) is 19.3 Å². The second-order valence-corrected chi connectivity index (χ2v) is 15.6. The fraction of sp³-hybridized carbons (Fsp3) is 0.0588. The highest BCUT2D eigenvalue weighted by Gasteiger charge is 2.35. The maximum absolute atomic E-state index is 2.46. The highest BCUT2D eigenvalue weighted by molar-refractivity contribution is 7.25. The van der Waals surface area contributed by atoms with Gasteiger partial charge in [-0.3, -0.25) is 0 Å². The van der Waals surface area contributed by atoms with Crippen LogP contribution in [0.15, 0.2) is 188 Å². The second-order valence-electron chi connectivity index (χ2n) is 14.5. The molecule has 1 aromatic heterocycles. The molecule has 1 aliphatic rings. The monoisotopic (exact) mass is 695 g/mol. The van der Waals surface area contributed by atoms with E-state index in [0.717, 1.165) is 17.1 Å². The lowest BCUT2D eigenvalue weighted by Gasteiger charge is -2.29. The van der Waals surface area contributed by atoms with Gasteiger partial charge in [0.25, 0.3) is 0 Å². The molecule has 0 unspecified atom stereocenters. The summed E-state index contributed by atoms with van der Waals surface area (Å²) in [6, 6.07) is 69.1. The smallest absolute Gasteiger partial charge is 0.0540 e. The lowest BCUT2D eigenvalue weighted by molar-refractivity contribution is 0.660. The molecule has 9 aromatic rings. The Bertz CT molecular complexity index is 2810. The summed E-state index contributed by atoms with van der Waals surface area (Å²) in [5.74, 6) is 0. The first-order valence-corrected chi connectivity index (χ1v) is 19.2. The van der Waals surface area contributed by atoms with Gasteiger partial charge in [-0.1, -0.05) is 159 Å². The molecule has 0 saturated carbocycles. The topological polar surface area (TPSA) is 3.24 Å². The van der Waals surface area contributed by atoms with Crippen molar-refractivity contribution in [1.29, 1.82) is 0 Å². The van der Waals surface area contributed by atoms with Crippen LogP contribution in [-0.2, 0) is 5.41 Å². The lowest BCUT2D eigenvalue weighted by atomic mass is 9.82. The van der Waals surface area contributed by atoms with Gasteiger partial charge in [-0.05, 0) is 92.5 Å². The molecule has 10 rings (SSSR count). The van der Waals surface area contributed by atoms with Crippen LogP contribution in [0.3, 0.4) is 0 Å². The Morgan fingerprint density at radius 1 is 0.396 bits per heavy atom. The third-order valence-corrected chi connectivity index (χ3v) is 12.2. The molecule has 1 aliphatic carbocycles. The van der Waals surface area contributed by atoms with E-state index in [9.17, 15) is 0 Å². The third kappa shape index (κ3) is 5.13. The van der Waals surface area contributed by atoms with Crippen molar-refractivity contribution in [1.82, 2.24) is 0 Å². The molecular formula is C51H37NS. The van der Waals surface area contributed by atoms with Crippen LogP contribution in [0.1, 0.15) is 25.0 Å². The summed E-state index contributed by atoms with van der Waals surface area (Å²) in [5, 5.41) is 2.63. The number of anilines is 3. The van der Waals surface area contributed by atoms with Gasteiger partial charge in [0, 0.05) is 42.5 Å². The average molecular weight is 696 g/mol. The van der Waals surface area contributed by atoms with E-state index >= 15 is 0 Å². The fourth-order valence-electron chi connectivity index (χ4n) is 8.56. The van der Waals surface area contributed by atoms with E-state index in [4.69, 9.17) is 0 Å². The largest absolute Gasteiger partial charge is 0.310 e. The van der Waals surface area contributed by atoms with Crippen LogP contribution in [0.25, 0.3) is 64.7 Å². The molecule has 1 nitrogen and oxygen atoms in total. The van der Waals surface area contributed by atoms with E-state index in [1.807, 2.05) is 11.3 Å². The minimum Gasteiger partial charge on any atom is -0.310 e. The van der Waals surface area contributed by atoms with Crippen LogP contribution >= 0.6 is 11.3 Å². The SMILES string of the molecule is CC1(C)c2ccccc2-c2cc(N(c3ccc(-c4ccccc4-c4ccccc4)cc3)c3ccccc3-c3cccc4sc5ccccc5c34)ccc21. The van der Waals surface area contributed by atoms with Crippen molar-refractivity contribution in [2.75, 3.05) is 4.90 Å². The number of hydrogen-bond acceptors (Lipinski definition) is 2. The molecule has 0 spiro atoms. The zero-order valence-electron chi connectivity index (χ0n) is 29.8. The summed E-state index contributed by atoms with van der Waals surface area (Å²) in [4.78, 5) is 2.46. The van der Waals surface area contributed by atoms with Crippen LogP contribution in [0.5, 0.6) is 0 Å². The number of thiophene rings is 1. The summed E-state index contributed by atoms with van der Waals surface area (Å²) in [6.45, 7) is 4.70. The number of fused-ring (bicyclic) bond motifs is 6. The van der Waals surface area contributed by atoms with Crippen molar-refractivity contribution in [3.8, 4) is 44.5 Å². The average Bonchev–Trinajstić information content (AvgIpc) is 3.71. The maximum Gasteiger partial charge on any atom is 0.0540 e. The third-order valence-electron chi connectivity index (χ3n) is 11.1. The molecule has 0 N–H and O–H groups in total. The van der Waals surface area contributed by atoms with Gasteiger partial charge in [0.1, 0.15) is 0 Å². The highest BCUT2D eigenvalue weighted by atomic mass is 32.1. The molecule has 0 bridgehead atoms. The molecule has 2 heteroatoms. The van der Waals surface area contributed by atoms with Gasteiger partial charge in [0.05, 0.1) is 5.69 Å². The van der Waals surface area contributed by atoms with Gasteiger partial charge in [-0.2, -0.15) is 0 Å². The Morgan fingerprint density at radius 3 is 1.75 bits per heavy atom. The summed E-state index contributed by atoms with van der Waals surface area (Å²) in [6.07, 6.45) is 0. The molecule has 0 radical (unpaired) electrons. The highest BCUT2D eigenvalue weighted by Crippen LogP contribution is 2.52. The minimum absolute atomic E-state index is 0.0589. The number of nitrogens with zero attached hydrogens (tertiary/aromatic N) is 1. The molecule has 0 aliphatic heterocycles.